The molecule has 3 aromatic rings. The zero-order chi connectivity index (χ0) is 22.9. The van der Waals surface area contributed by atoms with E-state index in [1.54, 1.807) is 18.5 Å². The minimum atomic E-state index is -0.278. The van der Waals surface area contributed by atoms with E-state index in [0.717, 1.165) is 24.3 Å². The molecule has 1 aromatic carbocycles. The summed E-state index contributed by atoms with van der Waals surface area (Å²) in [5, 5.41) is 6.33. The maximum atomic E-state index is 14.5. The van der Waals surface area contributed by atoms with Gasteiger partial charge >= 0.3 is 0 Å². The lowest BCUT2D eigenvalue weighted by atomic mass is 9.97. The van der Waals surface area contributed by atoms with Crippen LogP contribution in [0.3, 0.4) is 0 Å². The maximum Gasteiger partial charge on any atom is 0.255 e. The van der Waals surface area contributed by atoms with Gasteiger partial charge in [-0.15, -0.1) is 0 Å². The number of H-pyrrole nitrogens is 1. The predicted octanol–water partition coefficient (Wildman–Crippen LogP) is 4.54. The van der Waals surface area contributed by atoms with Gasteiger partial charge in [0.05, 0.1) is 29.2 Å². The summed E-state index contributed by atoms with van der Waals surface area (Å²) in [5.41, 5.74) is 4.67. The van der Waals surface area contributed by atoms with E-state index >= 15 is 0 Å². The van der Waals surface area contributed by atoms with Gasteiger partial charge in [-0.05, 0) is 24.6 Å². The predicted molar refractivity (Wildman–Crippen MR) is 124 cm³/mol. The molecule has 1 fully saturated rings. The van der Waals surface area contributed by atoms with Crippen molar-refractivity contribution in [1.82, 2.24) is 15.3 Å². The van der Waals surface area contributed by atoms with Crippen molar-refractivity contribution in [2.75, 3.05) is 25.1 Å². The Morgan fingerprint density at radius 1 is 1.33 bits per heavy atom. The quantitative estimate of drug-likeness (QED) is 0.492. The number of nitrogens with one attached hydrogen (secondary N) is 3. The number of ether oxygens (including phenoxy) is 2. The number of fused-ring (bicyclic) bond motifs is 1. The summed E-state index contributed by atoms with van der Waals surface area (Å²) in [7, 11) is 0. The van der Waals surface area contributed by atoms with Gasteiger partial charge in [0.1, 0.15) is 18.2 Å². The molecule has 5 rings (SSSR count). The molecule has 4 heterocycles. The van der Waals surface area contributed by atoms with E-state index in [0.29, 0.717) is 53.5 Å². The Balaban J connectivity index is 1.62. The van der Waals surface area contributed by atoms with E-state index in [1.165, 1.54) is 6.07 Å². The number of benzene rings is 1. The monoisotopic (exact) mass is 450 g/mol. The molecule has 0 saturated carbocycles. The molecule has 0 bridgehead atoms. The first-order valence-corrected chi connectivity index (χ1v) is 11.3. The molecule has 2 aromatic heterocycles. The van der Waals surface area contributed by atoms with Crippen LogP contribution in [-0.2, 0) is 11.2 Å². The van der Waals surface area contributed by atoms with Crippen LogP contribution >= 0.6 is 0 Å². The van der Waals surface area contributed by atoms with E-state index in [4.69, 9.17) is 9.47 Å². The standard InChI is InChI=1S/C25H27FN4O3/c1-3-16-18(26)5-4-6-19(16)29-24-21-22(14(2)11-28-25(21)31)30-23(24)17-7-9-27-12-20(17)33-13-15-8-10-32-15/h4-7,9,12,14-15,29-30H,3,8,10-11,13H2,1-2H3,(H,28,31)/t14-,15-/m1/s1. The summed E-state index contributed by atoms with van der Waals surface area (Å²) in [6.07, 6.45) is 4.92. The molecular formula is C25H27FN4O3. The van der Waals surface area contributed by atoms with E-state index in [-0.39, 0.29) is 23.7 Å². The third-order valence-electron chi connectivity index (χ3n) is 6.32. The third kappa shape index (κ3) is 3.95. The van der Waals surface area contributed by atoms with Crippen molar-refractivity contribution in [1.29, 1.82) is 0 Å². The first-order chi connectivity index (χ1) is 16.1. The fraction of sp³-hybridized carbons (Fsp3) is 0.360. The number of nitrogens with zero attached hydrogens (tertiary/aromatic N) is 1. The van der Waals surface area contributed by atoms with Gasteiger partial charge in [0, 0.05) is 54.2 Å². The van der Waals surface area contributed by atoms with Crippen LogP contribution in [0, 0.1) is 5.82 Å². The first-order valence-electron chi connectivity index (χ1n) is 11.3. The molecule has 3 N–H and O–H groups in total. The van der Waals surface area contributed by atoms with Gasteiger partial charge < -0.3 is 25.1 Å². The molecule has 2 aliphatic heterocycles. The van der Waals surface area contributed by atoms with Crippen LogP contribution in [0.5, 0.6) is 5.75 Å². The fourth-order valence-corrected chi connectivity index (χ4v) is 4.36. The highest BCUT2D eigenvalue weighted by atomic mass is 19.1. The van der Waals surface area contributed by atoms with Gasteiger partial charge in [0.2, 0.25) is 0 Å². The highest BCUT2D eigenvalue weighted by molar-refractivity contribution is 6.06. The molecule has 0 aliphatic carbocycles. The van der Waals surface area contributed by atoms with E-state index < -0.39 is 0 Å². The molecule has 7 nitrogen and oxygen atoms in total. The summed E-state index contributed by atoms with van der Waals surface area (Å²) in [5.74, 6) is 0.249. The van der Waals surface area contributed by atoms with Crippen molar-refractivity contribution in [3.8, 4) is 17.0 Å². The van der Waals surface area contributed by atoms with Crippen molar-refractivity contribution < 1.29 is 18.7 Å². The molecule has 172 valence electrons. The number of aromatic amines is 1. The van der Waals surface area contributed by atoms with Crippen molar-refractivity contribution in [2.24, 2.45) is 0 Å². The average Bonchev–Trinajstić information content (AvgIpc) is 3.16. The summed E-state index contributed by atoms with van der Waals surface area (Å²) in [4.78, 5) is 20.6. The molecule has 33 heavy (non-hydrogen) atoms. The van der Waals surface area contributed by atoms with Crippen molar-refractivity contribution in [2.45, 2.75) is 38.7 Å². The van der Waals surface area contributed by atoms with Crippen LogP contribution in [0.15, 0.2) is 36.7 Å². The van der Waals surface area contributed by atoms with Crippen molar-refractivity contribution >= 4 is 17.3 Å². The number of hydrogen-bond donors (Lipinski definition) is 3. The van der Waals surface area contributed by atoms with Gasteiger partial charge in [-0.1, -0.05) is 19.9 Å². The highest BCUT2D eigenvalue weighted by Gasteiger charge is 2.32. The Kier molecular flexibility index (Phi) is 5.76. The molecule has 8 heteroatoms. The van der Waals surface area contributed by atoms with Crippen LogP contribution in [0.2, 0.25) is 0 Å². The number of amides is 1. The van der Waals surface area contributed by atoms with Gasteiger partial charge in [-0.3, -0.25) is 9.78 Å². The summed E-state index contributed by atoms with van der Waals surface area (Å²) < 4.78 is 26.0. The van der Waals surface area contributed by atoms with Crippen LogP contribution < -0.4 is 15.4 Å². The lowest BCUT2D eigenvalue weighted by molar-refractivity contribution is -0.0720. The topological polar surface area (TPSA) is 88.3 Å². The van der Waals surface area contributed by atoms with Crippen LogP contribution in [0.4, 0.5) is 15.8 Å². The van der Waals surface area contributed by atoms with Crippen LogP contribution in [-0.4, -0.2) is 41.7 Å². The zero-order valence-electron chi connectivity index (χ0n) is 18.7. The smallest absolute Gasteiger partial charge is 0.255 e. The number of carbonyl (C=O) groups excluding carboxylic acids is 1. The molecule has 2 atom stereocenters. The van der Waals surface area contributed by atoms with Gasteiger partial charge in [-0.25, -0.2) is 4.39 Å². The lowest BCUT2D eigenvalue weighted by Gasteiger charge is -2.26. The first kappa shape index (κ1) is 21.5. The molecule has 0 radical (unpaired) electrons. The lowest BCUT2D eigenvalue weighted by Crippen LogP contribution is -2.33. The Morgan fingerprint density at radius 2 is 2.18 bits per heavy atom. The maximum absolute atomic E-state index is 14.5. The second kappa shape index (κ2) is 8.86. The molecular weight excluding hydrogens is 423 g/mol. The van der Waals surface area contributed by atoms with E-state index in [1.807, 2.05) is 19.1 Å². The Morgan fingerprint density at radius 3 is 2.94 bits per heavy atom. The molecule has 2 aliphatic rings. The zero-order valence-corrected chi connectivity index (χ0v) is 18.7. The minimum absolute atomic E-state index is 0.0812. The van der Waals surface area contributed by atoms with Crippen molar-refractivity contribution in [3.05, 3.63) is 59.3 Å². The second-order valence-corrected chi connectivity index (χ2v) is 8.48. The second-order valence-electron chi connectivity index (χ2n) is 8.48. The number of aromatic nitrogens is 2. The number of hydrogen-bond acceptors (Lipinski definition) is 5. The van der Waals surface area contributed by atoms with E-state index in [2.05, 4.69) is 27.5 Å². The fourth-order valence-electron chi connectivity index (χ4n) is 4.36. The number of anilines is 2. The Bertz CT molecular complexity index is 1190. The van der Waals surface area contributed by atoms with E-state index in [9.17, 15) is 9.18 Å². The summed E-state index contributed by atoms with van der Waals surface area (Å²) in [6, 6.07) is 6.79. The number of pyridine rings is 1. The molecule has 0 unspecified atom stereocenters. The summed E-state index contributed by atoms with van der Waals surface area (Å²) >= 11 is 0. The number of halogens is 1. The average molecular weight is 451 g/mol. The molecule has 0 spiro atoms. The Labute approximate surface area is 191 Å². The van der Waals surface area contributed by atoms with Crippen molar-refractivity contribution in [3.63, 3.8) is 0 Å². The van der Waals surface area contributed by atoms with Crippen LogP contribution in [0.1, 0.15) is 47.8 Å². The normalized spacial score (nSPS) is 19.4. The molecule has 1 amide bonds. The SMILES string of the molecule is CCc1c(F)cccc1Nc1c(-c2ccncc2OC[C@H]2CCO2)[nH]c2c1C(=O)NC[C@H]2C. The van der Waals surface area contributed by atoms with Crippen LogP contribution in [0.25, 0.3) is 11.3 Å². The Hall–Kier alpha value is -3.39. The van der Waals surface area contributed by atoms with Gasteiger partial charge in [0.25, 0.3) is 5.91 Å². The molecule has 1 saturated heterocycles. The highest BCUT2D eigenvalue weighted by Crippen LogP contribution is 2.42. The van der Waals surface area contributed by atoms with Gasteiger partial charge in [-0.2, -0.15) is 0 Å². The largest absolute Gasteiger partial charge is 0.489 e. The van der Waals surface area contributed by atoms with Gasteiger partial charge in [0.15, 0.2) is 0 Å². The minimum Gasteiger partial charge on any atom is -0.489 e. The summed E-state index contributed by atoms with van der Waals surface area (Å²) in [6.45, 7) is 5.70. The third-order valence-corrected chi connectivity index (χ3v) is 6.32. The number of rotatable bonds is 7. The number of carbonyl (C=O) groups is 1.